The maximum absolute atomic E-state index is 12.6. The number of carbonyl (C=O) groups is 1. The van der Waals surface area contributed by atoms with Gasteiger partial charge in [0.15, 0.2) is 11.5 Å². The van der Waals surface area contributed by atoms with Crippen LogP contribution in [-0.2, 0) is 4.79 Å². The minimum atomic E-state index is -0.291. The zero-order chi connectivity index (χ0) is 17.1. The summed E-state index contributed by atoms with van der Waals surface area (Å²) in [6, 6.07) is 5.31. The fourth-order valence-corrected chi connectivity index (χ4v) is 2.72. The van der Waals surface area contributed by atoms with Crippen molar-refractivity contribution >= 4 is 18.0 Å². The second-order valence-corrected chi connectivity index (χ2v) is 5.47. The summed E-state index contributed by atoms with van der Waals surface area (Å²) < 4.78 is 10.5. The van der Waals surface area contributed by atoms with Gasteiger partial charge in [0, 0.05) is 0 Å². The number of allylic oxidation sites excluding steroid dienone is 2. The molecule has 1 amide bonds. The van der Waals surface area contributed by atoms with Gasteiger partial charge in [0.1, 0.15) is 5.84 Å². The van der Waals surface area contributed by atoms with Crippen LogP contribution in [0, 0.1) is 5.92 Å². The SMILES string of the molecule is COc1ccc(/C=N\N2C(=O)[C@@H]3C=CC=C[C@@H]3N=C2C)cc1OC. The highest BCUT2D eigenvalue weighted by Crippen LogP contribution is 2.27. The molecule has 0 spiro atoms. The number of methoxy groups -OCH3 is 2. The Morgan fingerprint density at radius 2 is 1.92 bits per heavy atom. The Balaban J connectivity index is 1.85. The number of carbonyl (C=O) groups excluding carboxylic acids is 1. The molecular weight excluding hydrogens is 306 g/mol. The number of fused-ring (bicyclic) bond motifs is 1. The third-order valence-corrected chi connectivity index (χ3v) is 3.97. The summed E-state index contributed by atoms with van der Waals surface area (Å²) >= 11 is 0. The Kier molecular flexibility index (Phi) is 4.46. The number of hydrogen-bond acceptors (Lipinski definition) is 5. The first kappa shape index (κ1) is 16.0. The number of rotatable bonds is 4. The first-order valence-electron chi connectivity index (χ1n) is 7.63. The molecule has 0 saturated carbocycles. The number of aliphatic imine (C=N–C) groups is 1. The van der Waals surface area contributed by atoms with E-state index in [1.165, 1.54) is 5.01 Å². The number of hydrazone groups is 1. The fraction of sp³-hybridized carbons (Fsp3) is 0.278. The molecule has 0 saturated heterocycles. The summed E-state index contributed by atoms with van der Waals surface area (Å²) in [4.78, 5) is 17.2. The van der Waals surface area contributed by atoms with Crippen LogP contribution in [0.5, 0.6) is 11.5 Å². The summed E-state index contributed by atoms with van der Waals surface area (Å²) in [6.45, 7) is 1.78. The molecule has 6 nitrogen and oxygen atoms in total. The molecule has 0 N–H and O–H groups in total. The lowest BCUT2D eigenvalue weighted by Gasteiger charge is -2.30. The molecule has 2 atom stereocenters. The van der Waals surface area contributed by atoms with Gasteiger partial charge in [-0.05, 0) is 30.7 Å². The molecule has 1 aliphatic carbocycles. The Hall–Kier alpha value is -2.89. The molecule has 0 aromatic heterocycles. The molecule has 0 unspecified atom stereocenters. The van der Waals surface area contributed by atoms with Crippen molar-refractivity contribution in [1.29, 1.82) is 0 Å². The van der Waals surface area contributed by atoms with Crippen LogP contribution in [-0.4, -0.2) is 43.2 Å². The summed E-state index contributed by atoms with van der Waals surface area (Å²) in [5.74, 6) is 1.46. The van der Waals surface area contributed by atoms with E-state index in [2.05, 4.69) is 10.1 Å². The van der Waals surface area contributed by atoms with E-state index in [0.717, 1.165) is 5.56 Å². The van der Waals surface area contributed by atoms with Gasteiger partial charge in [0.05, 0.1) is 32.4 Å². The largest absolute Gasteiger partial charge is 0.493 e. The normalized spacial score (nSPS) is 22.5. The van der Waals surface area contributed by atoms with Crippen molar-refractivity contribution in [3.05, 3.63) is 48.1 Å². The van der Waals surface area contributed by atoms with Crippen molar-refractivity contribution < 1.29 is 14.3 Å². The van der Waals surface area contributed by atoms with Crippen LogP contribution in [0.15, 0.2) is 52.6 Å². The Bertz CT molecular complexity index is 765. The Morgan fingerprint density at radius 1 is 1.17 bits per heavy atom. The van der Waals surface area contributed by atoms with E-state index >= 15 is 0 Å². The second kappa shape index (κ2) is 6.70. The van der Waals surface area contributed by atoms with E-state index in [1.54, 1.807) is 39.5 Å². The highest BCUT2D eigenvalue weighted by molar-refractivity contribution is 6.02. The zero-order valence-corrected chi connectivity index (χ0v) is 13.8. The Labute approximate surface area is 140 Å². The number of nitrogens with zero attached hydrogens (tertiary/aromatic N) is 3. The smallest absolute Gasteiger partial charge is 0.257 e. The number of benzene rings is 1. The number of ether oxygens (including phenoxy) is 2. The third kappa shape index (κ3) is 2.95. The van der Waals surface area contributed by atoms with E-state index in [1.807, 2.05) is 30.4 Å². The first-order chi connectivity index (χ1) is 11.6. The summed E-state index contributed by atoms with van der Waals surface area (Å²) in [5.41, 5.74) is 0.800. The monoisotopic (exact) mass is 325 g/mol. The van der Waals surface area contributed by atoms with Gasteiger partial charge in [-0.3, -0.25) is 9.79 Å². The van der Waals surface area contributed by atoms with Crippen molar-refractivity contribution in [2.24, 2.45) is 16.0 Å². The number of amidine groups is 1. The van der Waals surface area contributed by atoms with Gasteiger partial charge < -0.3 is 9.47 Å². The standard InChI is InChI=1S/C18H19N3O3/c1-12-20-15-7-5-4-6-14(15)18(22)21(12)19-11-13-8-9-16(23-2)17(10-13)24-3/h4-11,14-15H,1-3H3/b19-11-/t14-,15+/m1/s1. The molecule has 0 bridgehead atoms. The average molecular weight is 325 g/mol. The van der Waals surface area contributed by atoms with Gasteiger partial charge >= 0.3 is 0 Å². The van der Waals surface area contributed by atoms with Gasteiger partial charge in [-0.2, -0.15) is 10.1 Å². The summed E-state index contributed by atoms with van der Waals surface area (Å²) in [7, 11) is 3.16. The lowest BCUT2D eigenvalue weighted by Crippen LogP contribution is -2.44. The molecule has 3 rings (SSSR count). The second-order valence-electron chi connectivity index (χ2n) is 5.47. The maximum Gasteiger partial charge on any atom is 0.257 e. The molecule has 124 valence electrons. The van der Waals surface area contributed by atoms with Crippen molar-refractivity contribution in [2.75, 3.05) is 14.2 Å². The molecule has 1 aromatic rings. The topological polar surface area (TPSA) is 63.5 Å². The van der Waals surface area contributed by atoms with Crippen LogP contribution >= 0.6 is 0 Å². The maximum atomic E-state index is 12.6. The molecule has 0 fully saturated rings. The molecule has 1 aliphatic heterocycles. The molecule has 0 radical (unpaired) electrons. The predicted octanol–water partition coefficient (Wildman–Crippen LogP) is 2.41. The van der Waals surface area contributed by atoms with E-state index in [-0.39, 0.29) is 17.9 Å². The van der Waals surface area contributed by atoms with Crippen LogP contribution in [0.25, 0.3) is 0 Å². The predicted molar refractivity (Wildman–Crippen MR) is 92.7 cm³/mol. The van der Waals surface area contributed by atoms with Crippen LogP contribution < -0.4 is 9.47 Å². The van der Waals surface area contributed by atoms with E-state index < -0.39 is 0 Å². The summed E-state index contributed by atoms with van der Waals surface area (Å²) in [6.07, 6.45) is 9.18. The van der Waals surface area contributed by atoms with E-state index in [0.29, 0.717) is 17.3 Å². The van der Waals surface area contributed by atoms with Crippen LogP contribution in [0.1, 0.15) is 12.5 Å². The van der Waals surface area contributed by atoms with Gasteiger partial charge in [0.25, 0.3) is 5.91 Å². The van der Waals surface area contributed by atoms with Crippen LogP contribution in [0.3, 0.4) is 0 Å². The molecule has 24 heavy (non-hydrogen) atoms. The van der Waals surface area contributed by atoms with E-state index in [4.69, 9.17) is 9.47 Å². The molecule has 1 heterocycles. The quantitative estimate of drug-likeness (QED) is 0.799. The zero-order valence-electron chi connectivity index (χ0n) is 13.8. The lowest BCUT2D eigenvalue weighted by molar-refractivity contribution is -0.131. The minimum absolute atomic E-state index is 0.0789. The van der Waals surface area contributed by atoms with Gasteiger partial charge in [-0.1, -0.05) is 24.3 Å². The number of amides is 1. The minimum Gasteiger partial charge on any atom is -0.493 e. The van der Waals surface area contributed by atoms with Gasteiger partial charge in [0.2, 0.25) is 0 Å². The van der Waals surface area contributed by atoms with Crippen molar-refractivity contribution in [3.8, 4) is 11.5 Å². The lowest BCUT2D eigenvalue weighted by atomic mass is 9.93. The highest BCUT2D eigenvalue weighted by atomic mass is 16.5. The summed E-state index contributed by atoms with van der Waals surface area (Å²) in [5, 5.41) is 5.66. The highest BCUT2D eigenvalue weighted by Gasteiger charge is 2.35. The molecular formula is C18H19N3O3. The number of hydrogen-bond donors (Lipinski definition) is 0. The van der Waals surface area contributed by atoms with Crippen molar-refractivity contribution in [3.63, 3.8) is 0 Å². The molecule has 1 aromatic carbocycles. The van der Waals surface area contributed by atoms with Gasteiger partial charge in [-0.15, -0.1) is 0 Å². The van der Waals surface area contributed by atoms with Crippen LogP contribution in [0.2, 0.25) is 0 Å². The van der Waals surface area contributed by atoms with Crippen molar-refractivity contribution in [2.45, 2.75) is 13.0 Å². The van der Waals surface area contributed by atoms with E-state index in [9.17, 15) is 4.79 Å². The molecule has 2 aliphatic rings. The molecule has 6 heteroatoms. The van der Waals surface area contributed by atoms with Gasteiger partial charge in [-0.25, -0.2) is 0 Å². The third-order valence-electron chi connectivity index (χ3n) is 3.97. The fourth-order valence-electron chi connectivity index (χ4n) is 2.72. The average Bonchev–Trinajstić information content (AvgIpc) is 2.61. The van der Waals surface area contributed by atoms with Crippen LogP contribution in [0.4, 0.5) is 0 Å². The Morgan fingerprint density at radius 3 is 2.67 bits per heavy atom. The van der Waals surface area contributed by atoms with Crippen molar-refractivity contribution in [1.82, 2.24) is 5.01 Å². The first-order valence-corrected chi connectivity index (χ1v) is 7.63.